The van der Waals surface area contributed by atoms with Crippen LogP contribution in [0.5, 0.6) is 0 Å². The zero-order valence-electron chi connectivity index (χ0n) is 7.22. The molecule has 0 radical (unpaired) electrons. The van der Waals surface area contributed by atoms with E-state index in [0.29, 0.717) is 0 Å². The number of hydrogen-bond donors (Lipinski definition) is 0. The first-order valence-corrected chi connectivity index (χ1v) is 9.45. The van der Waals surface area contributed by atoms with Gasteiger partial charge < -0.3 is 0 Å². The van der Waals surface area contributed by atoms with Gasteiger partial charge in [0.05, 0.1) is 0 Å². The zero-order valence-corrected chi connectivity index (χ0v) is 11.1. The molecule has 3 unspecified atom stereocenters. The van der Waals surface area contributed by atoms with Crippen LogP contribution in [0.4, 0.5) is 16.8 Å². The zero-order chi connectivity index (χ0) is 11.2. The molecule has 12 heteroatoms. The second-order valence-corrected chi connectivity index (χ2v) is 10.6. The van der Waals surface area contributed by atoms with E-state index in [1.807, 2.05) is 0 Å². The van der Waals surface area contributed by atoms with Crippen molar-refractivity contribution in [1.82, 2.24) is 4.67 Å². The predicted molar refractivity (Wildman–Crippen MR) is 55.9 cm³/mol. The summed E-state index contributed by atoms with van der Waals surface area (Å²) in [7, 11) is -9.72. The van der Waals surface area contributed by atoms with Crippen LogP contribution in [0.25, 0.3) is 0 Å². The molecule has 1 rings (SSSR count). The number of halogens is 4. The van der Waals surface area contributed by atoms with Gasteiger partial charge in [0.2, 0.25) is 0 Å². The first kappa shape index (κ1) is 12.9. The molecular formula is C2H8F4N4P4. The maximum atomic E-state index is 13.7. The second kappa shape index (κ2) is 3.68. The summed E-state index contributed by atoms with van der Waals surface area (Å²) in [5.74, 6) is 0. The molecule has 0 saturated heterocycles. The minimum absolute atomic E-state index is 0.786. The number of hydrogen-bond acceptors (Lipinski definition) is 4. The third-order valence-corrected chi connectivity index (χ3v) is 9.63. The normalized spacial score (nSPS) is 41.1. The van der Waals surface area contributed by atoms with Crippen molar-refractivity contribution in [2.75, 3.05) is 14.1 Å². The van der Waals surface area contributed by atoms with Crippen molar-refractivity contribution in [3.05, 3.63) is 0 Å². The molecule has 0 aliphatic carbocycles. The topological polar surface area (TPSA) is 40.3 Å². The lowest BCUT2D eigenvalue weighted by Crippen LogP contribution is -2.03. The maximum Gasteiger partial charge on any atom is 0.422 e. The van der Waals surface area contributed by atoms with Gasteiger partial charge in [-0.3, -0.25) is 0 Å². The average molecular weight is 288 g/mol. The molecule has 84 valence electrons. The van der Waals surface area contributed by atoms with Crippen LogP contribution in [0.3, 0.4) is 0 Å². The highest BCUT2D eigenvalue weighted by molar-refractivity contribution is 8.18. The van der Waals surface area contributed by atoms with Gasteiger partial charge in [0.15, 0.2) is 0 Å². The SMILES string of the molecule is CN(C)P1(F)=NP(F)(P)=NP(F)(F)=N1. The third kappa shape index (κ3) is 2.90. The van der Waals surface area contributed by atoms with Crippen molar-refractivity contribution < 1.29 is 16.8 Å². The molecule has 1 aliphatic heterocycles. The quantitative estimate of drug-likeness (QED) is 0.485. The highest BCUT2D eigenvalue weighted by Gasteiger charge is 2.37. The highest BCUT2D eigenvalue weighted by Crippen LogP contribution is 2.83. The summed E-state index contributed by atoms with van der Waals surface area (Å²) in [6.07, 6.45) is 0. The van der Waals surface area contributed by atoms with Gasteiger partial charge in [0, 0.05) is 0 Å². The average Bonchev–Trinajstić information content (AvgIpc) is 1.76. The van der Waals surface area contributed by atoms with E-state index in [-0.39, 0.29) is 0 Å². The molecule has 0 amide bonds. The Morgan fingerprint density at radius 3 is 1.86 bits per heavy atom. The van der Waals surface area contributed by atoms with Crippen molar-refractivity contribution in [2.24, 2.45) is 13.5 Å². The van der Waals surface area contributed by atoms with E-state index in [0.717, 1.165) is 4.67 Å². The molecule has 14 heavy (non-hydrogen) atoms. The van der Waals surface area contributed by atoms with E-state index in [2.05, 4.69) is 13.5 Å². The van der Waals surface area contributed by atoms with Crippen molar-refractivity contribution in [3.63, 3.8) is 0 Å². The summed E-state index contributed by atoms with van der Waals surface area (Å²) in [6.45, 7) is 0. The Morgan fingerprint density at radius 2 is 1.50 bits per heavy atom. The summed E-state index contributed by atoms with van der Waals surface area (Å²) < 4.78 is 61.5. The predicted octanol–water partition coefficient (Wildman–Crippen LogP) is 5.15. The van der Waals surface area contributed by atoms with Gasteiger partial charge in [-0.1, -0.05) is 0 Å². The van der Waals surface area contributed by atoms with Crippen molar-refractivity contribution in [2.45, 2.75) is 0 Å². The lowest BCUT2D eigenvalue weighted by molar-refractivity contribution is 0.608. The summed E-state index contributed by atoms with van der Waals surface area (Å²) >= 11 is 0. The van der Waals surface area contributed by atoms with Crippen LogP contribution in [-0.2, 0) is 0 Å². The van der Waals surface area contributed by atoms with Crippen molar-refractivity contribution in [3.8, 4) is 0 Å². The van der Waals surface area contributed by atoms with Gasteiger partial charge in [0.1, 0.15) is 0 Å². The molecule has 0 aromatic rings. The molecule has 0 bridgehead atoms. The minimum atomic E-state index is -5.19. The maximum absolute atomic E-state index is 13.7. The Morgan fingerprint density at radius 1 is 1.00 bits per heavy atom. The van der Waals surface area contributed by atoms with E-state index in [1.54, 1.807) is 0 Å². The Balaban J connectivity index is 3.49. The molecule has 0 saturated carbocycles. The molecule has 0 fully saturated rings. The standard InChI is InChI=1S/C2H8F4N4P4/c1-10(2)13(5)7-12(3,4)8-14(6,11)9-13/h11H2,1-2H3. The molecule has 3 atom stereocenters. The molecule has 0 N–H and O–H groups in total. The Bertz CT molecular complexity index is 394. The van der Waals surface area contributed by atoms with Crippen molar-refractivity contribution >= 4 is 31.6 Å². The van der Waals surface area contributed by atoms with E-state index < -0.39 is 22.7 Å². The fraction of sp³-hybridized carbons (Fsp3) is 1.00. The van der Waals surface area contributed by atoms with E-state index in [9.17, 15) is 16.8 Å². The van der Waals surface area contributed by atoms with Crippen LogP contribution in [-0.4, -0.2) is 18.8 Å². The summed E-state index contributed by atoms with van der Waals surface area (Å²) in [6, 6.07) is 0. The minimum Gasteiger partial charge on any atom is -0.232 e. The van der Waals surface area contributed by atoms with Crippen LogP contribution in [0.15, 0.2) is 13.5 Å². The van der Waals surface area contributed by atoms with E-state index >= 15 is 0 Å². The van der Waals surface area contributed by atoms with E-state index in [4.69, 9.17) is 0 Å². The largest absolute Gasteiger partial charge is 0.422 e. The van der Waals surface area contributed by atoms with Crippen LogP contribution >= 0.6 is 31.6 Å². The molecule has 1 heterocycles. The van der Waals surface area contributed by atoms with Gasteiger partial charge in [-0.2, -0.15) is 17.4 Å². The van der Waals surface area contributed by atoms with Gasteiger partial charge in [0.25, 0.3) is 7.20 Å². The highest BCUT2D eigenvalue weighted by atomic mass is 32.1. The number of nitrogens with zero attached hydrogens (tertiary/aromatic N) is 4. The second-order valence-electron chi connectivity index (χ2n) is 2.64. The van der Waals surface area contributed by atoms with Crippen LogP contribution in [0.2, 0.25) is 0 Å². The lowest BCUT2D eigenvalue weighted by atomic mass is 11.3. The third-order valence-electron chi connectivity index (χ3n) is 1.20. The van der Waals surface area contributed by atoms with Gasteiger partial charge >= 0.3 is 15.5 Å². The van der Waals surface area contributed by atoms with Gasteiger partial charge in [-0.25, -0.2) is 4.67 Å². The number of rotatable bonds is 1. The summed E-state index contributed by atoms with van der Waals surface area (Å²) in [4.78, 5) is 0. The van der Waals surface area contributed by atoms with Crippen LogP contribution in [0, 0.1) is 0 Å². The first-order chi connectivity index (χ1) is 6.06. The smallest absolute Gasteiger partial charge is 0.232 e. The Hall–Kier alpha value is 0.800. The summed E-state index contributed by atoms with van der Waals surface area (Å²) in [5, 5.41) is 0. The lowest BCUT2D eigenvalue weighted by Gasteiger charge is -2.22. The van der Waals surface area contributed by atoms with Gasteiger partial charge in [-0.05, 0) is 23.0 Å². The van der Waals surface area contributed by atoms with Crippen molar-refractivity contribution in [1.29, 1.82) is 0 Å². The molecule has 1 aliphatic rings. The molecule has 0 aromatic carbocycles. The summed E-state index contributed by atoms with van der Waals surface area (Å²) in [5.41, 5.74) is 0. The van der Waals surface area contributed by atoms with Crippen LogP contribution < -0.4 is 0 Å². The Kier molecular flexibility index (Phi) is 3.38. The molecule has 4 nitrogen and oxygen atoms in total. The van der Waals surface area contributed by atoms with Gasteiger partial charge in [-0.15, -0.1) is 12.9 Å². The van der Waals surface area contributed by atoms with Crippen LogP contribution in [0.1, 0.15) is 0 Å². The fourth-order valence-corrected chi connectivity index (χ4v) is 9.22. The fourth-order valence-electron chi connectivity index (χ4n) is 0.661. The monoisotopic (exact) mass is 288 g/mol. The molecular weight excluding hydrogens is 280 g/mol. The molecule has 0 aromatic heterocycles. The first-order valence-electron chi connectivity index (χ1n) is 3.23. The Labute approximate surface area is 81.4 Å². The molecule has 0 spiro atoms. The van der Waals surface area contributed by atoms with E-state index in [1.165, 1.54) is 23.0 Å².